The third-order valence-corrected chi connectivity index (χ3v) is 3.01. The van der Waals surface area contributed by atoms with Gasteiger partial charge in [-0.2, -0.15) is 0 Å². The number of carbonyl (C=O) groups excluding carboxylic acids is 1. The van der Waals surface area contributed by atoms with Crippen LogP contribution in [-0.4, -0.2) is 43.9 Å². The van der Waals surface area contributed by atoms with E-state index in [1.54, 1.807) is 32.2 Å². The summed E-state index contributed by atoms with van der Waals surface area (Å²) in [6.45, 7) is 1.67. The molecular weight excluding hydrogens is 262 g/mol. The molecule has 1 rings (SSSR count). The lowest BCUT2D eigenvalue weighted by atomic mass is 10.00. The molecule has 110 valence electrons. The highest BCUT2D eigenvalue weighted by atomic mass is 16.5. The highest BCUT2D eigenvalue weighted by molar-refractivity contribution is 5.84. The van der Waals surface area contributed by atoms with Crippen LogP contribution >= 0.6 is 0 Å². The first-order chi connectivity index (χ1) is 9.49. The number of hydrogen-bond donors (Lipinski definition) is 2. The van der Waals surface area contributed by atoms with Crippen molar-refractivity contribution in [2.24, 2.45) is 0 Å². The SMILES string of the molecule is COc1cccc(C(C)C(=O)NCC(OC)C(=O)O)c1. The minimum atomic E-state index is -1.11. The fourth-order valence-corrected chi connectivity index (χ4v) is 1.68. The lowest BCUT2D eigenvalue weighted by Gasteiger charge is -2.16. The third-order valence-electron chi connectivity index (χ3n) is 3.01. The van der Waals surface area contributed by atoms with E-state index < -0.39 is 18.0 Å². The van der Waals surface area contributed by atoms with Gasteiger partial charge >= 0.3 is 5.97 Å². The van der Waals surface area contributed by atoms with Crippen molar-refractivity contribution in [3.05, 3.63) is 29.8 Å². The van der Waals surface area contributed by atoms with Gasteiger partial charge in [-0.1, -0.05) is 12.1 Å². The van der Waals surface area contributed by atoms with Crippen LogP contribution in [0.2, 0.25) is 0 Å². The molecule has 0 heterocycles. The molecule has 0 radical (unpaired) electrons. The van der Waals surface area contributed by atoms with Gasteiger partial charge in [0.1, 0.15) is 5.75 Å². The standard InChI is InChI=1S/C14H19NO5/c1-9(10-5-4-6-11(7-10)19-2)13(16)15-8-12(20-3)14(17)18/h4-7,9,12H,8H2,1-3H3,(H,15,16)(H,17,18). The Hall–Kier alpha value is -2.08. The maximum absolute atomic E-state index is 12.0. The summed E-state index contributed by atoms with van der Waals surface area (Å²) in [7, 11) is 2.84. The maximum atomic E-state index is 12.0. The molecule has 6 nitrogen and oxygen atoms in total. The van der Waals surface area contributed by atoms with Crippen LogP contribution in [0.3, 0.4) is 0 Å². The molecular formula is C14H19NO5. The number of carboxylic acid groups (broad SMARTS) is 1. The lowest BCUT2D eigenvalue weighted by Crippen LogP contribution is -2.39. The van der Waals surface area contributed by atoms with Crippen molar-refractivity contribution in [2.75, 3.05) is 20.8 Å². The van der Waals surface area contributed by atoms with Gasteiger partial charge in [0.25, 0.3) is 0 Å². The monoisotopic (exact) mass is 281 g/mol. The van der Waals surface area contributed by atoms with E-state index >= 15 is 0 Å². The van der Waals surface area contributed by atoms with Crippen molar-refractivity contribution in [1.82, 2.24) is 5.32 Å². The van der Waals surface area contributed by atoms with Gasteiger partial charge in [0, 0.05) is 7.11 Å². The van der Waals surface area contributed by atoms with E-state index in [-0.39, 0.29) is 12.5 Å². The van der Waals surface area contributed by atoms with E-state index in [0.717, 1.165) is 5.56 Å². The van der Waals surface area contributed by atoms with Gasteiger partial charge in [-0.15, -0.1) is 0 Å². The number of hydrogen-bond acceptors (Lipinski definition) is 4. The Morgan fingerprint density at radius 3 is 2.60 bits per heavy atom. The van der Waals surface area contributed by atoms with Crippen LogP contribution in [-0.2, 0) is 14.3 Å². The second-order valence-corrected chi connectivity index (χ2v) is 4.31. The summed E-state index contributed by atoms with van der Waals surface area (Å²) in [5, 5.41) is 11.4. The summed E-state index contributed by atoms with van der Waals surface area (Å²) in [6, 6.07) is 7.18. The van der Waals surface area contributed by atoms with Crippen molar-refractivity contribution >= 4 is 11.9 Å². The largest absolute Gasteiger partial charge is 0.497 e. The molecule has 1 aromatic carbocycles. The van der Waals surface area contributed by atoms with Crippen LogP contribution in [0.5, 0.6) is 5.75 Å². The van der Waals surface area contributed by atoms with Gasteiger partial charge in [-0.25, -0.2) is 4.79 Å². The predicted molar refractivity (Wildman–Crippen MR) is 72.9 cm³/mol. The zero-order chi connectivity index (χ0) is 15.1. The number of nitrogens with one attached hydrogen (secondary N) is 1. The molecule has 1 amide bonds. The second kappa shape index (κ2) is 7.49. The van der Waals surface area contributed by atoms with E-state index in [4.69, 9.17) is 14.6 Å². The number of methoxy groups -OCH3 is 2. The van der Waals surface area contributed by atoms with E-state index in [2.05, 4.69) is 5.32 Å². The van der Waals surface area contributed by atoms with Crippen LogP contribution in [0.4, 0.5) is 0 Å². The fourth-order valence-electron chi connectivity index (χ4n) is 1.68. The van der Waals surface area contributed by atoms with Crippen LogP contribution in [0.1, 0.15) is 18.4 Å². The number of amides is 1. The first-order valence-corrected chi connectivity index (χ1v) is 6.16. The number of benzene rings is 1. The average molecular weight is 281 g/mol. The molecule has 6 heteroatoms. The fraction of sp³-hybridized carbons (Fsp3) is 0.429. The normalized spacial score (nSPS) is 13.3. The molecule has 2 N–H and O–H groups in total. The molecule has 0 saturated heterocycles. The first-order valence-electron chi connectivity index (χ1n) is 6.16. The molecule has 0 spiro atoms. The minimum Gasteiger partial charge on any atom is -0.497 e. The van der Waals surface area contributed by atoms with Crippen molar-refractivity contribution in [3.8, 4) is 5.75 Å². The van der Waals surface area contributed by atoms with Gasteiger partial charge in [0.15, 0.2) is 6.10 Å². The summed E-state index contributed by atoms with van der Waals surface area (Å²) in [5.74, 6) is -1.11. The summed E-state index contributed by atoms with van der Waals surface area (Å²) < 4.78 is 9.85. The predicted octanol–water partition coefficient (Wildman–Crippen LogP) is 1.01. The molecule has 0 aliphatic rings. The van der Waals surface area contributed by atoms with E-state index in [1.807, 2.05) is 6.07 Å². The molecule has 2 atom stereocenters. The Morgan fingerprint density at radius 2 is 2.05 bits per heavy atom. The Morgan fingerprint density at radius 1 is 1.35 bits per heavy atom. The number of carboxylic acids is 1. The third kappa shape index (κ3) is 4.24. The van der Waals surface area contributed by atoms with Crippen molar-refractivity contribution in [1.29, 1.82) is 0 Å². The Kier molecular flexibility index (Phi) is 5.99. The zero-order valence-electron chi connectivity index (χ0n) is 11.8. The highest BCUT2D eigenvalue weighted by Gasteiger charge is 2.20. The number of rotatable bonds is 7. The Balaban J connectivity index is 2.64. The number of carbonyl (C=O) groups is 2. The molecule has 0 bridgehead atoms. The quantitative estimate of drug-likeness (QED) is 0.779. The topological polar surface area (TPSA) is 84.9 Å². The number of aliphatic carboxylic acids is 1. The van der Waals surface area contributed by atoms with Gasteiger partial charge in [-0.3, -0.25) is 4.79 Å². The van der Waals surface area contributed by atoms with E-state index in [0.29, 0.717) is 5.75 Å². The molecule has 2 unspecified atom stereocenters. The zero-order valence-corrected chi connectivity index (χ0v) is 11.8. The minimum absolute atomic E-state index is 0.0705. The maximum Gasteiger partial charge on any atom is 0.334 e. The van der Waals surface area contributed by atoms with Gasteiger partial charge < -0.3 is 19.9 Å². The highest BCUT2D eigenvalue weighted by Crippen LogP contribution is 2.20. The van der Waals surface area contributed by atoms with Crippen LogP contribution in [0, 0.1) is 0 Å². The molecule has 0 saturated carbocycles. The summed E-state index contributed by atoms with van der Waals surface area (Å²) in [5.41, 5.74) is 0.797. The summed E-state index contributed by atoms with van der Waals surface area (Å²) in [4.78, 5) is 22.8. The molecule has 0 fully saturated rings. The van der Waals surface area contributed by atoms with Gasteiger partial charge in [0.2, 0.25) is 5.91 Å². The molecule has 1 aromatic rings. The van der Waals surface area contributed by atoms with Crippen molar-refractivity contribution in [3.63, 3.8) is 0 Å². The molecule has 20 heavy (non-hydrogen) atoms. The van der Waals surface area contributed by atoms with Crippen LogP contribution in [0.15, 0.2) is 24.3 Å². The number of ether oxygens (including phenoxy) is 2. The van der Waals surface area contributed by atoms with Crippen LogP contribution in [0.25, 0.3) is 0 Å². The summed E-state index contributed by atoms with van der Waals surface area (Å²) >= 11 is 0. The van der Waals surface area contributed by atoms with E-state index in [1.165, 1.54) is 7.11 Å². The second-order valence-electron chi connectivity index (χ2n) is 4.31. The van der Waals surface area contributed by atoms with Crippen LogP contribution < -0.4 is 10.1 Å². The molecule has 0 aliphatic carbocycles. The lowest BCUT2D eigenvalue weighted by molar-refractivity contribution is -0.148. The molecule has 0 aliphatic heterocycles. The van der Waals surface area contributed by atoms with Gasteiger partial charge in [0.05, 0.1) is 19.6 Å². The first kappa shape index (κ1) is 16.0. The summed E-state index contributed by atoms with van der Waals surface area (Å²) in [6.07, 6.45) is -1.04. The Labute approximate surface area is 117 Å². The average Bonchev–Trinajstić information content (AvgIpc) is 2.46. The van der Waals surface area contributed by atoms with E-state index in [9.17, 15) is 9.59 Å². The Bertz CT molecular complexity index is 474. The smallest absolute Gasteiger partial charge is 0.334 e. The van der Waals surface area contributed by atoms with Crippen molar-refractivity contribution in [2.45, 2.75) is 18.9 Å². The van der Waals surface area contributed by atoms with Gasteiger partial charge in [-0.05, 0) is 24.6 Å². The van der Waals surface area contributed by atoms with Crippen molar-refractivity contribution < 1.29 is 24.2 Å². The molecule has 0 aromatic heterocycles.